The van der Waals surface area contributed by atoms with Gasteiger partial charge in [0.15, 0.2) is 6.61 Å². The predicted octanol–water partition coefficient (Wildman–Crippen LogP) is 4.41. The van der Waals surface area contributed by atoms with Crippen molar-refractivity contribution in [1.82, 2.24) is 0 Å². The minimum atomic E-state index is -0.418. The zero-order chi connectivity index (χ0) is 18.9. The number of amides is 1. The topological polar surface area (TPSA) is 64.6 Å². The van der Waals surface area contributed by atoms with Crippen molar-refractivity contribution >= 4 is 33.5 Å². The summed E-state index contributed by atoms with van der Waals surface area (Å²) in [6.45, 7) is 4.02. The van der Waals surface area contributed by atoms with E-state index in [1.54, 1.807) is 0 Å². The molecule has 138 valence electrons. The molecular formula is C20H22BrNO4. The molecule has 2 rings (SSSR count). The SMILES string of the molecule is Cc1cc(C)cc(NC(=O)COC(=O)CCCOc2cccc(Br)c2)c1. The summed E-state index contributed by atoms with van der Waals surface area (Å²) in [6.07, 6.45) is 0.717. The van der Waals surface area contributed by atoms with E-state index in [0.29, 0.717) is 18.7 Å². The van der Waals surface area contributed by atoms with Gasteiger partial charge in [-0.15, -0.1) is 0 Å². The van der Waals surface area contributed by atoms with Crippen molar-refractivity contribution < 1.29 is 19.1 Å². The molecule has 0 fully saturated rings. The fraction of sp³-hybridized carbons (Fsp3) is 0.300. The Morgan fingerprint density at radius 1 is 1.08 bits per heavy atom. The monoisotopic (exact) mass is 419 g/mol. The Morgan fingerprint density at radius 2 is 1.81 bits per heavy atom. The molecule has 26 heavy (non-hydrogen) atoms. The number of anilines is 1. The number of ether oxygens (including phenoxy) is 2. The van der Waals surface area contributed by atoms with Crippen LogP contribution in [-0.2, 0) is 14.3 Å². The molecule has 5 nitrogen and oxygen atoms in total. The van der Waals surface area contributed by atoms with Gasteiger partial charge in [-0.3, -0.25) is 9.59 Å². The molecule has 0 atom stereocenters. The van der Waals surface area contributed by atoms with Crippen molar-refractivity contribution in [3.63, 3.8) is 0 Å². The molecule has 0 aliphatic rings. The molecule has 2 aromatic carbocycles. The van der Waals surface area contributed by atoms with Gasteiger partial charge in [0.2, 0.25) is 0 Å². The molecule has 0 radical (unpaired) electrons. The molecule has 6 heteroatoms. The molecule has 0 saturated heterocycles. The summed E-state index contributed by atoms with van der Waals surface area (Å²) in [6, 6.07) is 13.2. The van der Waals surface area contributed by atoms with Crippen molar-refractivity contribution in [1.29, 1.82) is 0 Å². The third-order valence-electron chi connectivity index (χ3n) is 3.46. The maximum absolute atomic E-state index is 11.9. The second kappa shape index (κ2) is 9.97. The van der Waals surface area contributed by atoms with Crippen LogP contribution in [0.15, 0.2) is 46.9 Å². The van der Waals surface area contributed by atoms with Gasteiger partial charge in [-0.05, 0) is 61.7 Å². The van der Waals surface area contributed by atoms with Gasteiger partial charge in [0.25, 0.3) is 5.91 Å². The van der Waals surface area contributed by atoms with Crippen molar-refractivity contribution in [3.8, 4) is 5.75 Å². The molecule has 2 aromatic rings. The molecule has 0 heterocycles. The number of rotatable bonds is 8. The molecule has 0 bridgehead atoms. The van der Waals surface area contributed by atoms with Crippen LogP contribution < -0.4 is 10.1 Å². The number of carbonyl (C=O) groups excluding carboxylic acids is 2. The first kappa shape index (κ1) is 20.0. The van der Waals surface area contributed by atoms with Gasteiger partial charge >= 0.3 is 5.97 Å². The van der Waals surface area contributed by atoms with Crippen LogP contribution in [-0.4, -0.2) is 25.1 Å². The number of hydrogen-bond acceptors (Lipinski definition) is 4. The van der Waals surface area contributed by atoms with E-state index in [1.807, 2.05) is 56.3 Å². The molecule has 0 aromatic heterocycles. The lowest BCUT2D eigenvalue weighted by atomic mass is 10.1. The second-order valence-electron chi connectivity index (χ2n) is 5.99. The van der Waals surface area contributed by atoms with Gasteiger partial charge in [-0.25, -0.2) is 0 Å². The zero-order valence-corrected chi connectivity index (χ0v) is 16.5. The third-order valence-corrected chi connectivity index (χ3v) is 3.95. The smallest absolute Gasteiger partial charge is 0.306 e. The van der Waals surface area contributed by atoms with Crippen LogP contribution in [0.3, 0.4) is 0 Å². The summed E-state index contributed by atoms with van der Waals surface area (Å²) >= 11 is 3.37. The van der Waals surface area contributed by atoms with Gasteiger partial charge in [0.1, 0.15) is 5.75 Å². The molecule has 0 saturated carbocycles. The van der Waals surface area contributed by atoms with Gasteiger partial charge < -0.3 is 14.8 Å². The summed E-state index contributed by atoms with van der Waals surface area (Å²) in [5, 5.41) is 2.73. The second-order valence-corrected chi connectivity index (χ2v) is 6.91. The number of hydrogen-bond donors (Lipinski definition) is 1. The highest BCUT2D eigenvalue weighted by Gasteiger charge is 2.08. The van der Waals surface area contributed by atoms with Crippen LogP contribution in [0.25, 0.3) is 0 Å². The third kappa shape index (κ3) is 7.27. The van der Waals surface area contributed by atoms with Crippen molar-refractivity contribution in [3.05, 3.63) is 58.1 Å². The van der Waals surface area contributed by atoms with E-state index >= 15 is 0 Å². The van der Waals surface area contributed by atoms with Gasteiger partial charge in [-0.2, -0.15) is 0 Å². The van der Waals surface area contributed by atoms with E-state index < -0.39 is 5.97 Å². The van der Waals surface area contributed by atoms with Crippen LogP contribution in [0.2, 0.25) is 0 Å². The Kier molecular flexibility index (Phi) is 7.66. The molecule has 0 aliphatic heterocycles. The number of nitrogens with one attached hydrogen (secondary N) is 1. The summed E-state index contributed by atoms with van der Waals surface area (Å²) in [7, 11) is 0. The Labute approximate surface area is 161 Å². The first-order valence-corrected chi connectivity index (χ1v) is 9.14. The van der Waals surface area contributed by atoms with E-state index in [2.05, 4.69) is 21.2 Å². The summed E-state index contributed by atoms with van der Waals surface area (Å²) < 4.78 is 11.5. The average Bonchev–Trinajstić information content (AvgIpc) is 2.56. The molecule has 0 spiro atoms. The highest BCUT2D eigenvalue weighted by atomic mass is 79.9. The van der Waals surface area contributed by atoms with Crippen LogP contribution in [0.1, 0.15) is 24.0 Å². The van der Waals surface area contributed by atoms with Crippen LogP contribution in [0.4, 0.5) is 5.69 Å². The Morgan fingerprint density at radius 3 is 2.50 bits per heavy atom. The highest BCUT2D eigenvalue weighted by Crippen LogP contribution is 2.18. The van der Waals surface area contributed by atoms with Crippen molar-refractivity contribution in [2.45, 2.75) is 26.7 Å². The summed E-state index contributed by atoms with van der Waals surface area (Å²) in [5.41, 5.74) is 2.82. The fourth-order valence-electron chi connectivity index (χ4n) is 2.43. The van der Waals surface area contributed by atoms with Crippen LogP contribution in [0, 0.1) is 13.8 Å². The molecule has 1 N–H and O–H groups in total. The molecule has 0 aliphatic carbocycles. The average molecular weight is 420 g/mol. The van der Waals surface area contributed by atoms with E-state index in [1.165, 1.54) is 0 Å². The first-order chi connectivity index (χ1) is 12.4. The zero-order valence-electron chi connectivity index (χ0n) is 14.9. The Balaban J connectivity index is 1.64. The lowest BCUT2D eigenvalue weighted by Crippen LogP contribution is -2.21. The molecule has 0 unspecified atom stereocenters. The van der Waals surface area contributed by atoms with Crippen molar-refractivity contribution in [2.24, 2.45) is 0 Å². The quantitative estimate of drug-likeness (QED) is 0.508. The minimum Gasteiger partial charge on any atom is -0.494 e. The van der Waals surface area contributed by atoms with E-state index in [4.69, 9.17) is 9.47 Å². The largest absolute Gasteiger partial charge is 0.494 e. The van der Waals surface area contributed by atoms with E-state index in [-0.39, 0.29) is 18.9 Å². The van der Waals surface area contributed by atoms with Gasteiger partial charge in [0.05, 0.1) is 6.61 Å². The van der Waals surface area contributed by atoms with Crippen LogP contribution >= 0.6 is 15.9 Å². The highest BCUT2D eigenvalue weighted by molar-refractivity contribution is 9.10. The molecule has 1 amide bonds. The summed E-state index contributed by atoms with van der Waals surface area (Å²) in [4.78, 5) is 23.6. The lowest BCUT2D eigenvalue weighted by Gasteiger charge is -2.09. The Bertz CT molecular complexity index is 756. The minimum absolute atomic E-state index is 0.199. The fourth-order valence-corrected chi connectivity index (χ4v) is 2.80. The van der Waals surface area contributed by atoms with Crippen LogP contribution in [0.5, 0.6) is 5.75 Å². The number of benzene rings is 2. The number of aryl methyl sites for hydroxylation is 2. The maximum atomic E-state index is 11.9. The van der Waals surface area contributed by atoms with E-state index in [9.17, 15) is 9.59 Å². The maximum Gasteiger partial charge on any atom is 0.306 e. The lowest BCUT2D eigenvalue weighted by molar-refractivity contribution is -0.147. The Hall–Kier alpha value is -2.34. The number of halogens is 1. The number of carbonyl (C=O) groups is 2. The summed E-state index contributed by atoms with van der Waals surface area (Å²) in [5.74, 6) is -0.0345. The predicted molar refractivity (Wildman–Crippen MR) is 104 cm³/mol. The molecular weight excluding hydrogens is 398 g/mol. The standard InChI is InChI=1S/C20H22BrNO4/c1-14-9-15(2)11-17(10-14)22-19(23)13-26-20(24)7-4-8-25-18-6-3-5-16(21)12-18/h3,5-6,9-12H,4,7-8,13H2,1-2H3,(H,22,23). The van der Waals surface area contributed by atoms with E-state index in [0.717, 1.165) is 21.3 Å². The normalized spacial score (nSPS) is 10.3. The first-order valence-electron chi connectivity index (χ1n) is 8.34. The van der Waals surface area contributed by atoms with Gasteiger partial charge in [0, 0.05) is 16.6 Å². The van der Waals surface area contributed by atoms with Crippen molar-refractivity contribution in [2.75, 3.05) is 18.5 Å². The number of esters is 1. The van der Waals surface area contributed by atoms with Gasteiger partial charge in [-0.1, -0.05) is 28.1 Å².